The molecule has 1 unspecified atom stereocenters. The number of halogens is 1. The van der Waals surface area contributed by atoms with Gasteiger partial charge in [-0.1, -0.05) is 158 Å². The van der Waals surface area contributed by atoms with Crippen molar-refractivity contribution in [3.05, 3.63) is 0 Å². The van der Waals surface area contributed by atoms with Gasteiger partial charge in [-0.05, 0) is 12.3 Å². The van der Waals surface area contributed by atoms with Gasteiger partial charge in [-0.25, -0.2) is 0 Å². The molecule has 0 rings (SSSR count). The zero-order valence-corrected chi connectivity index (χ0v) is 20.1. The van der Waals surface area contributed by atoms with Crippen molar-refractivity contribution in [2.45, 2.75) is 149 Å². The highest BCUT2D eigenvalue weighted by Crippen LogP contribution is 2.24. The molecule has 0 aliphatic heterocycles. The summed E-state index contributed by atoms with van der Waals surface area (Å²) >= 11 is 3.56. The van der Waals surface area contributed by atoms with E-state index in [4.69, 9.17) is 0 Å². The lowest BCUT2D eigenvalue weighted by Crippen LogP contribution is -2.01. The fourth-order valence-corrected chi connectivity index (χ4v) is 4.49. The van der Waals surface area contributed by atoms with Crippen LogP contribution >= 0.6 is 15.9 Å². The van der Waals surface area contributed by atoms with E-state index in [0.717, 1.165) is 5.92 Å². The Kier molecular flexibility index (Phi) is 24.0. The summed E-state index contributed by atoms with van der Waals surface area (Å²) in [6.45, 7) is 4.62. The Morgan fingerprint density at radius 2 is 0.731 bits per heavy atom. The van der Waals surface area contributed by atoms with E-state index in [1.165, 1.54) is 140 Å². The summed E-state index contributed by atoms with van der Waals surface area (Å²) in [4.78, 5) is 0. The Bertz CT molecular complexity index is 238. The Morgan fingerprint density at radius 3 is 1.08 bits per heavy atom. The molecule has 0 aliphatic rings. The minimum atomic E-state index is 1.03. The largest absolute Gasteiger partial charge is 0.0928 e. The maximum absolute atomic E-state index is 3.56. The van der Waals surface area contributed by atoms with Crippen molar-refractivity contribution in [3.63, 3.8) is 0 Å². The normalized spacial score (nSPS) is 12.6. The van der Waals surface area contributed by atoms with Gasteiger partial charge >= 0.3 is 0 Å². The van der Waals surface area contributed by atoms with Crippen molar-refractivity contribution in [1.29, 1.82) is 0 Å². The van der Waals surface area contributed by atoms with E-state index in [0.29, 0.717) is 0 Å². The molecular formula is C25H51Br. The number of alkyl halides is 1. The molecule has 0 heterocycles. The Balaban J connectivity index is 3.74. The Labute approximate surface area is 175 Å². The molecule has 0 amide bonds. The van der Waals surface area contributed by atoms with Gasteiger partial charge < -0.3 is 0 Å². The number of hydrogen-bond donors (Lipinski definition) is 0. The van der Waals surface area contributed by atoms with Crippen LogP contribution in [0.15, 0.2) is 0 Å². The quantitative estimate of drug-likeness (QED) is 0.118. The van der Waals surface area contributed by atoms with Gasteiger partial charge in [-0.2, -0.15) is 0 Å². The summed E-state index contributed by atoms with van der Waals surface area (Å²) in [5, 5.41) is 1.19. The molecule has 0 N–H and O–H groups in total. The third-order valence-electron chi connectivity index (χ3n) is 5.93. The Morgan fingerprint density at radius 1 is 0.423 bits per heavy atom. The van der Waals surface area contributed by atoms with Crippen LogP contribution in [0.2, 0.25) is 0 Å². The van der Waals surface area contributed by atoms with Gasteiger partial charge in [0.2, 0.25) is 0 Å². The highest BCUT2D eigenvalue weighted by molar-refractivity contribution is 9.09. The highest BCUT2D eigenvalue weighted by Gasteiger charge is 2.08. The minimum absolute atomic E-state index is 1.03. The fraction of sp³-hybridized carbons (Fsp3) is 1.00. The van der Waals surface area contributed by atoms with Crippen LogP contribution in [0.4, 0.5) is 0 Å². The first-order valence-electron chi connectivity index (χ1n) is 12.4. The van der Waals surface area contributed by atoms with E-state index in [1.54, 1.807) is 0 Å². The summed E-state index contributed by atoms with van der Waals surface area (Å²) in [5.41, 5.74) is 0. The summed E-state index contributed by atoms with van der Waals surface area (Å²) in [7, 11) is 0. The van der Waals surface area contributed by atoms with Crippen molar-refractivity contribution >= 4 is 15.9 Å². The van der Waals surface area contributed by atoms with E-state index in [1.807, 2.05) is 0 Å². The molecule has 0 spiro atoms. The van der Waals surface area contributed by atoms with E-state index in [-0.39, 0.29) is 0 Å². The van der Waals surface area contributed by atoms with Gasteiger partial charge in [0.25, 0.3) is 0 Å². The van der Waals surface area contributed by atoms with Gasteiger partial charge in [-0.3, -0.25) is 0 Å². The molecule has 0 saturated heterocycles. The van der Waals surface area contributed by atoms with Crippen LogP contribution in [0, 0.1) is 5.92 Å². The molecule has 0 aromatic heterocycles. The first kappa shape index (κ1) is 26.5. The third-order valence-corrected chi connectivity index (χ3v) is 6.49. The molecule has 0 aromatic rings. The molecule has 0 fully saturated rings. The van der Waals surface area contributed by atoms with Gasteiger partial charge in [0.05, 0.1) is 0 Å². The minimum Gasteiger partial charge on any atom is -0.0928 e. The predicted molar refractivity (Wildman–Crippen MR) is 126 cm³/mol. The van der Waals surface area contributed by atoms with Gasteiger partial charge in [0.1, 0.15) is 0 Å². The van der Waals surface area contributed by atoms with Crippen LogP contribution in [0.1, 0.15) is 149 Å². The van der Waals surface area contributed by atoms with Gasteiger partial charge in [0, 0.05) is 5.33 Å². The smallest absolute Gasteiger partial charge is 0.00313 e. The van der Waals surface area contributed by atoms with Crippen molar-refractivity contribution < 1.29 is 0 Å². The predicted octanol–water partition coefficient (Wildman–Crippen LogP) is 10.2. The fourth-order valence-electron chi connectivity index (χ4n) is 4.09. The second-order valence-electron chi connectivity index (χ2n) is 8.58. The van der Waals surface area contributed by atoms with E-state index in [2.05, 4.69) is 29.8 Å². The first-order chi connectivity index (χ1) is 12.8. The highest BCUT2D eigenvalue weighted by atomic mass is 79.9. The molecule has 26 heavy (non-hydrogen) atoms. The number of hydrogen-bond acceptors (Lipinski definition) is 0. The molecular weight excluding hydrogens is 380 g/mol. The second kappa shape index (κ2) is 23.5. The van der Waals surface area contributed by atoms with Crippen LogP contribution in [0.25, 0.3) is 0 Å². The molecule has 1 heteroatoms. The maximum Gasteiger partial charge on any atom is 0.00313 e. The van der Waals surface area contributed by atoms with Crippen LogP contribution in [0.5, 0.6) is 0 Å². The van der Waals surface area contributed by atoms with Crippen molar-refractivity contribution in [2.75, 3.05) is 5.33 Å². The summed E-state index contributed by atoms with van der Waals surface area (Å²) in [5.74, 6) is 1.03. The summed E-state index contributed by atoms with van der Waals surface area (Å²) in [6, 6.07) is 0. The van der Waals surface area contributed by atoms with Crippen molar-refractivity contribution in [2.24, 2.45) is 5.92 Å². The molecule has 0 nitrogen and oxygen atoms in total. The zero-order valence-electron chi connectivity index (χ0n) is 18.5. The van der Waals surface area contributed by atoms with Crippen LogP contribution in [0.3, 0.4) is 0 Å². The van der Waals surface area contributed by atoms with E-state index < -0.39 is 0 Å². The van der Waals surface area contributed by atoms with Gasteiger partial charge in [-0.15, -0.1) is 0 Å². The summed E-state index contributed by atoms with van der Waals surface area (Å²) in [6.07, 6.45) is 30.7. The SMILES string of the molecule is CCCCCCCCCCC(CCCCCCBr)CCCCCCCC. The van der Waals surface area contributed by atoms with Crippen molar-refractivity contribution in [1.82, 2.24) is 0 Å². The standard InChI is InChI=1S/C25H51Br/c1-3-5-7-9-11-12-14-18-22-25(23-19-15-16-20-24-26)21-17-13-10-8-6-4-2/h25H,3-24H2,1-2H3. The zero-order chi connectivity index (χ0) is 19.1. The molecule has 158 valence electrons. The Hall–Kier alpha value is 0.480. The van der Waals surface area contributed by atoms with E-state index in [9.17, 15) is 0 Å². The maximum atomic E-state index is 3.56. The van der Waals surface area contributed by atoms with Crippen LogP contribution in [-0.4, -0.2) is 5.33 Å². The third kappa shape index (κ3) is 20.8. The number of rotatable bonds is 22. The molecule has 0 aliphatic carbocycles. The first-order valence-corrected chi connectivity index (χ1v) is 13.5. The average Bonchev–Trinajstić information content (AvgIpc) is 2.65. The van der Waals surface area contributed by atoms with Crippen LogP contribution < -0.4 is 0 Å². The molecule has 0 bridgehead atoms. The lowest BCUT2D eigenvalue weighted by molar-refractivity contribution is 0.366. The van der Waals surface area contributed by atoms with E-state index >= 15 is 0 Å². The molecule has 0 radical (unpaired) electrons. The summed E-state index contributed by atoms with van der Waals surface area (Å²) < 4.78 is 0. The monoisotopic (exact) mass is 430 g/mol. The average molecular weight is 432 g/mol. The molecule has 1 atom stereocenters. The van der Waals surface area contributed by atoms with Crippen molar-refractivity contribution in [3.8, 4) is 0 Å². The van der Waals surface area contributed by atoms with Crippen LogP contribution in [-0.2, 0) is 0 Å². The second-order valence-corrected chi connectivity index (χ2v) is 9.37. The number of unbranched alkanes of at least 4 members (excludes halogenated alkanes) is 15. The lowest BCUT2D eigenvalue weighted by Gasteiger charge is -2.17. The lowest BCUT2D eigenvalue weighted by atomic mass is 9.89. The molecule has 0 aromatic carbocycles. The molecule has 0 saturated carbocycles. The topological polar surface area (TPSA) is 0 Å². The van der Waals surface area contributed by atoms with Gasteiger partial charge in [0.15, 0.2) is 0 Å².